The lowest BCUT2D eigenvalue weighted by molar-refractivity contribution is 0.401. The highest BCUT2D eigenvalue weighted by Crippen LogP contribution is 2.49. The van der Waals surface area contributed by atoms with E-state index in [1.165, 1.54) is 18.4 Å². The first-order valence-corrected chi connectivity index (χ1v) is 5.71. The summed E-state index contributed by atoms with van der Waals surface area (Å²) in [6.45, 7) is 3.21. The molecule has 0 spiro atoms. The van der Waals surface area contributed by atoms with E-state index in [0.717, 1.165) is 6.54 Å². The van der Waals surface area contributed by atoms with Crippen molar-refractivity contribution in [2.45, 2.75) is 31.2 Å². The Hall–Kier alpha value is -1.18. The van der Waals surface area contributed by atoms with Crippen molar-refractivity contribution in [1.29, 1.82) is 0 Å². The summed E-state index contributed by atoms with van der Waals surface area (Å²) in [6, 6.07) is 10.8. The molecule has 1 fully saturated rings. The Morgan fingerprint density at radius 2 is 2.07 bits per heavy atom. The molecule has 0 amide bonds. The number of benzene rings is 1. The van der Waals surface area contributed by atoms with Crippen molar-refractivity contribution in [2.75, 3.05) is 6.54 Å². The second kappa shape index (κ2) is 3.16. The quantitative estimate of drug-likeness (QED) is 0.663. The molecule has 78 valence electrons. The van der Waals surface area contributed by atoms with E-state index in [9.17, 15) is 0 Å². The zero-order valence-corrected chi connectivity index (χ0v) is 9.06. The number of fused-ring (bicyclic) bond motifs is 1. The first-order valence-electron chi connectivity index (χ1n) is 5.71. The van der Waals surface area contributed by atoms with Gasteiger partial charge in [-0.15, -0.1) is 0 Å². The van der Waals surface area contributed by atoms with E-state index >= 15 is 0 Å². The van der Waals surface area contributed by atoms with Crippen molar-refractivity contribution >= 4 is 0 Å². The largest absolute Gasteiger partial charge is 0.193 e. The van der Waals surface area contributed by atoms with Gasteiger partial charge in [-0.3, -0.25) is 0 Å². The van der Waals surface area contributed by atoms with Gasteiger partial charge in [0.1, 0.15) is 0 Å². The van der Waals surface area contributed by atoms with Gasteiger partial charge in [-0.25, -0.2) is 0 Å². The highest BCUT2D eigenvalue weighted by atomic mass is 15.2. The van der Waals surface area contributed by atoms with Crippen molar-refractivity contribution in [1.82, 2.24) is 0 Å². The molecule has 15 heavy (non-hydrogen) atoms. The second-order valence-electron chi connectivity index (χ2n) is 5.03. The van der Waals surface area contributed by atoms with Crippen LogP contribution in [0.1, 0.15) is 31.2 Å². The van der Waals surface area contributed by atoms with E-state index in [0.29, 0.717) is 11.8 Å². The fourth-order valence-electron chi connectivity index (χ4n) is 3.02. The van der Waals surface area contributed by atoms with Crippen LogP contribution in [0.2, 0.25) is 0 Å². The average Bonchev–Trinajstić information content (AvgIpc) is 2.74. The maximum atomic E-state index is 4.43. The van der Waals surface area contributed by atoms with E-state index in [1.54, 1.807) is 0 Å². The van der Waals surface area contributed by atoms with E-state index in [4.69, 9.17) is 0 Å². The topological polar surface area (TPSA) is 24.7 Å². The minimum Gasteiger partial charge on any atom is -0.193 e. The fourth-order valence-corrected chi connectivity index (χ4v) is 3.02. The van der Waals surface area contributed by atoms with E-state index < -0.39 is 0 Å². The molecule has 1 aliphatic heterocycles. The maximum Gasteiger partial charge on any atom is 0.0840 e. The Labute approximate surface area is 90.4 Å². The molecule has 2 aliphatic rings. The summed E-state index contributed by atoms with van der Waals surface area (Å²) in [5, 5.41) is 8.62. The number of nitrogens with zero attached hydrogens (tertiary/aromatic N) is 2. The van der Waals surface area contributed by atoms with Crippen LogP contribution < -0.4 is 0 Å². The summed E-state index contributed by atoms with van der Waals surface area (Å²) in [5.41, 5.74) is 1.61. The van der Waals surface area contributed by atoms with Gasteiger partial charge in [0.2, 0.25) is 0 Å². The summed E-state index contributed by atoms with van der Waals surface area (Å²) < 4.78 is 0. The normalized spacial score (nSPS) is 38.2. The highest BCUT2D eigenvalue weighted by Gasteiger charge is 2.47. The lowest BCUT2D eigenvalue weighted by atomic mass is 9.91. The van der Waals surface area contributed by atoms with Crippen LogP contribution in [0.4, 0.5) is 0 Å². The van der Waals surface area contributed by atoms with Crippen molar-refractivity contribution in [3.63, 3.8) is 0 Å². The number of hydrogen-bond acceptors (Lipinski definition) is 2. The first kappa shape index (κ1) is 9.08. The molecule has 0 N–H and O–H groups in total. The lowest BCUT2D eigenvalue weighted by Gasteiger charge is -2.17. The smallest absolute Gasteiger partial charge is 0.0840 e. The minimum atomic E-state index is 0.139. The number of hydrogen-bond donors (Lipinski definition) is 0. The molecule has 3 atom stereocenters. The van der Waals surface area contributed by atoms with Gasteiger partial charge in [0, 0.05) is 5.92 Å². The standard InChI is InChI=1S/C13H16N2/c1-13-8-11(7-12(13)9-14-15-13)10-5-3-2-4-6-10/h2-6,11-12H,7-9H2,1H3/t11-,12-,13-/m1/s1. The Morgan fingerprint density at radius 3 is 2.80 bits per heavy atom. The SMILES string of the molecule is C[C@@]12C[C@H](c3ccccc3)C[C@@H]1CN=N2. The molecule has 0 radical (unpaired) electrons. The Morgan fingerprint density at radius 1 is 1.27 bits per heavy atom. The summed E-state index contributed by atoms with van der Waals surface area (Å²) in [6.07, 6.45) is 2.43. The lowest BCUT2D eigenvalue weighted by Crippen LogP contribution is -2.23. The molecular weight excluding hydrogens is 184 g/mol. The molecule has 2 heteroatoms. The van der Waals surface area contributed by atoms with Crippen LogP contribution in [-0.4, -0.2) is 12.1 Å². The van der Waals surface area contributed by atoms with E-state index in [2.05, 4.69) is 47.5 Å². The van der Waals surface area contributed by atoms with E-state index in [1.807, 2.05) is 0 Å². The number of rotatable bonds is 1. The molecule has 2 nitrogen and oxygen atoms in total. The minimum absolute atomic E-state index is 0.139. The van der Waals surface area contributed by atoms with Crippen LogP contribution in [0.3, 0.4) is 0 Å². The Balaban J connectivity index is 1.85. The third-order valence-corrected chi connectivity index (χ3v) is 3.98. The molecule has 1 heterocycles. The fraction of sp³-hybridized carbons (Fsp3) is 0.538. The van der Waals surface area contributed by atoms with Crippen molar-refractivity contribution in [2.24, 2.45) is 16.1 Å². The van der Waals surface area contributed by atoms with Gasteiger partial charge in [-0.2, -0.15) is 10.2 Å². The summed E-state index contributed by atoms with van der Waals surface area (Å²) in [4.78, 5) is 0. The van der Waals surface area contributed by atoms with Gasteiger partial charge in [0.05, 0.1) is 12.1 Å². The molecule has 1 saturated carbocycles. The van der Waals surface area contributed by atoms with Gasteiger partial charge in [0.15, 0.2) is 0 Å². The molecule has 1 aliphatic carbocycles. The summed E-state index contributed by atoms with van der Waals surface area (Å²) in [7, 11) is 0. The zero-order valence-electron chi connectivity index (χ0n) is 9.06. The van der Waals surface area contributed by atoms with Crippen LogP contribution in [0.15, 0.2) is 40.6 Å². The predicted molar refractivity (Wildman–Crippen MR) is 60.0 cm³/mol. The molecule has 0 unspecified atom stereocenters. The summed E-state index contributed by atoms with van der Waals surface area (Å²) >= 11 is 0. The van der Waals surface area contributed by atoms with Crippen molar-refractivity contribution in [3.05, 3.63) is 35.9 Å². The van der Waals surface area contributed by atoms with Crippen LogP contribution in [0, 0.1) is 5.92 Å². The average molecular weight is 200 g/mol. The molecular formula is C13H16N2. The van der Waals surface area contributed by atoms with Crippen LogP contribution in [-0.2, 0) is 0 Å². The van der Waals surface area contributed by atoms with Crippen molar-refractivity contribution < 1.29 is 0 Å². The predicted octanol–water partition coefficient (Wildman–Crippen LogP) is 3.40. The third-order valence-electron chi connectivity index (χ3n) is 3.98. The highest BCUT2D eigenvalue weighted by molar-refractivity contribution is 5.23. The van der Waals surface area contributed by atoms with Gasteiger partial charge >= 0.3 is 0 Å². The van der Waals surface area contributed by atoms with Crippen LogP contribution in [0.5, 0.6) is 0 Å². The van der Waals surface area contributed by atoms with Gasteiger partial charge in [0.25, 0.3) is 0 Å². The van der Waals surface area contributed by atoms with Gasteiger partial charge in [-0.1, -0.05) is 30.3 Å². The van der Waals surface area contributed by atoms with E-state index in [-0.39, 0.29) is 5.54 Å². The zero-order chi connectivity index (χ0) is 10.3. The third kappa shape index (κ3) is 1.39. The molecule has 0 aromatic heterocycles. The van der Waals surface area contributed by atoms with Gasteiger partial charge in [-0.05, 0) is 31.2 Å². The second-order valence-corrected chi connectivity index (χ2v) is 5.03. The number of azo groups is 1. The Kier molecular flexibility index (Phi) is 1.91. The molecule has 0 saturated heterocycles. The molecule has 1 aromatic rings. The van der Waals surface area contributed by atoms with Crippen molar-refractivity contribution in [3.8, 4) is 0 Å². The van der Waals surface area contributed by atoms with Crippen LogP contribution in [0.25, 0.3) is 0 Å². The summed E-state index contributed by atoms with van der Waals surface area (Å²) in [5.74, 6) is 1.38. The molecule has 1 aromatic carbocycles. The first-order chi connectivity index (χ1) is 7.28. The van der Waals surface area contributed by atoms with Crippen LogP contribution >= 0.6 is 0 Å². The molecule has 0 bridgehead atoms. The molecule has 3 rings (SSSR count). The maximum absolute atomic E-state index is 4.43. The Bertz CT molecular complexity index is 385. The monoisotopic (exact) mass is 200 g/mol. The van der Waals surface area contributed by atoms with Gasteiger partial charge < -0.3 is 0 Å².